The lowest BCUT2D eigenvalue weighted by Gasteiger charge is -2.40. The predicted octanol–water partition coefficient (Wildman–Crippen LogP) is 19.1. The van der Waals surface area contributed by atoms with Crippen molar-refractivity contribution in [3.63, 3.8) is 0 Å². The van der Waals surface area contributed by atoms with Gasteiger partial charge in [-0.15, -0.1) is 0 Å². The van der Waals surface area contributed by atoms with Gasteiger partial charge in [0.1, 0.15) is 58.5 Å². The van der Waals surface area contributed by atoms with Crippen LogP contribution in [0.15, 0.2) is 173 Å². The van der Waals surface area contributed by atoms with Crippen molar-refractivity contribution in [2.45, 2.75) is 334 Å². The number of carbonyl (C=O) groups excluding carboxylic acids is 3. The van der Waals surface area contributed by atoms with Gasteiger partial charge in [-0.1, -0.05) is 263 Å². The minimum atomic E-state index is -1.29. The van der Waals surface area contributed by atoms with E-state index in [0.717, 1.165) is 82.6 Å². The number of benzene rings is 4. The molecule has 4 unspecified atom stereocenters. The summed E-state index contributed by atoms with van der Waals surface area (Å²) in [5.41, 5.74) is 1.82. The van der Waals surface area contributed by atoms with Gasteiger partial charge in [-0.3, -0.25) is 28.1 Å². The largest absolute Gasteiger partial charge is 0.390 e. The SMILES string of the molecule is C.CCN(CC)CC.CC[C@H]1O[C@@H](n2ccc(NC(=O)C(C)C)nc2=O)CC1O.CC[C@H]1O[C@@H](n2ccc(NC(=O)C(C)C)nc2=O)CC1O[P@@]1O[C@@]2(c3ccccc3)CCCC[C@H]2N1C.CC[C@H]1O[C@@H](n2ccc(NC(=O)C(C)C)nc2=O)CC1O[P@]1O[C@@]2(c3ccccc3)CCCC[C@H]2N1C.CN1[C@@H]2CCCC[C@]2(c2ccccc2)OP1Cl.CN[C@@H]1CCCC[C@@]1(O)c1ccccc1. The molecule has 20 atom stereocenters. The first-order chi connectivity index (χ1) is 64.4. The molecular weight excluding hydrogens is 1790 g/mol. The maximum absolute atomic E-state index is 12.8. The number of rotatable bonds is 24. The Bertz CT molecular complexity index is 4880. The fraction of sp³-hybridized carbons (Fsp3) is 0.614. The number of anilines is 3. The average Bonchev–Trinajstić information content (AvgIpc) is 1.60. The van der Waals surface area contributed by atoms with Crippen molar-refractivity contribution in [3.8, 4) is 0 Å². The van der Waals surface area contributed by atoms with Gasteiger partial charge in [-0.05, 0) is 170 Å². The Balaban J connectivity index is 0.000000166. The number of aromatic nitrogens is 6. The molecule has 34 heteroatoms. The van der Waals surface area contributed by atoms with Gasteiger partial charge in [-0.2, -0.15) is 15.0 Å². The summed E-state index contributed by atoms with van der Waals surface area (Å²) in [4.78, 5) is 87.4. The topological polar surface area (TPSA) is 331 Å². The zero-order valence-electron chi connectivity index (χ0n) is 81.2. The maximum atomic E-state index is 12.8. The maximum Gasteiger partial charge on any atom is 0.351 e. The van der Waals surface area contributed by atoms with Crippen molar-refractivity contribution in [3.05, 3.63) is 212 Å². The van der Waals surface area contributed by atoms with Crippen LogP contribution in [0, 0.1) is 17.8 Å². The Morgan fingerprint density at radius 2 is 0.778 bits per heavy atom. The highest BCUT2D eigenvalue weighted by Crippen LogP contribution is 2.68. The van der Waals surface area contributed by atoms with E-state index in [2.05, 4.69) is 190 Å². The summed E-state index contributed by atoms with van der Waals surface area (Å²) in [7, 11) is 4.74. The van der Waals surface area contributed by atoms with Gasteiger partial charge in [-0.25, -0.2) is 28.4 Å². The van der Waals surface area contributed by atoms with Crippen LogP contribution in [0.3, 0.4) is 0 Å². The van der Waals surface area contributed by atoms with Crippen LogP contribution in [0.1, 0.15) is 273 Å². The van der Waals surface area contributed by atoms with Gasteiger partial charge in [0.25, 0.3) is 17.1 Å². The number of aliphatic hydroxyl groups excluding tert-OH is 1. The molecule has 9 heterocycles. The monoisotopic (exact) mass is 1940 g/mol. The Hall–Kier alpha value is -7.09. The van der Waals surface area contributed by atoms with E-state index in [1.54, 1.807) is 72.1 Å². The van der Waals surface area contributed by atoms with Gasteiger partial charge >= 0.3 is 17.1 Å². The first-order valence-electron chi connectivity index (χ1n) is 48.8. The van der Waals surface area contributed by atoms with Gasteiger partial charge in [0.05, 0.1) is 48.7 Å². The number of nitrogens with zero attached hydrogens (tertiary/aromatic N) is 10. The molecule has 10 aliphatic rings. The van der Waals surface area contributed by atoms with Crippen LogP contribution >= 0.6 is 35.9 Å². The second-order valence-corrected chi connectivity index (χ2v) is 42.5. The number of likely N-dealkylation sites (N-methyl/N-ethyl adjacent to an activating group) is 4. The van der Waals surface area contributed by atoms with Crippen LogP contribution in [0.25, 0.3) is 0 Å². The van der Waals surface area contributed by atoms with Crippen molar-refractivity contribution in [2.24, 2.45) is 17.8 Å². The number of halogens is 1. The average molecular weight is 1940 g/mol. The number of carbonyl (C=O) groups is 3. The summed E-state index contributed by atoms with van der Waals surface area (Å²) in [6.07, 6.45) is 23.2. The number of nitrogens with one attached hydrogen (secondary N) is 4. The molecular formula is C101H150ClN14O16P3. The van der Waals surface area contributed by atoms with E-state index < -0.39 is 72.2 Å². The number of fused-ring (bicyclic) bond motifs is 3. The van der Waals surface area contributed by atoms with E-state index in [0.29, 0.717) is 31.7 Å². The van der Waals surface area contributed by atoms with Crippen molar-refractivity contribution in [2.75, 3.05) is 63.8 Å². The lowest BCUT2D eigenvalue weighted by molar-refractivity contribution is -0.119. The van der Waals surface area contributed by atoms with Gasteiger partial charge < -0.3 is 73.2 Å². The van der Waals surface area contributed by atoms with E-state index >= 15 is 0 Å². The molecule has 3 amide bonds. The molecule has 6 aliphatic heterocycles. The molecule has 7 aromatic rings. The highest BCUT2D eigenvalue weighted by Gasteiger charge is 2.59. The summed E-state index contributed by atoms with van der Waals surface area (Å²) in [6, 6.07) is 47.7. The fourth-order valence-electron chi connectivity index (χ4n) is 20.0. The second-order valence-electron chi connectivity index (χ2n) is 37.4. The molecule has 4 aliphatic carbocycles. The van der Waals surface area contributed by atoms with Crippen LogP contribution < -0.4 is 38.3 Å². The van der Waals surface area contributed by atoms with Crippen LogP contribution in [0.5, 0.6) is 0 Å². The zero-order chi connectivity index (χ0) is 96.2. The predicted molar refractivity (Wildman–Crippen MR) is 534 cm³/mol. The summed E-state index contributed by atoms with van der Waals surface area (Å²) in [5, 5.41) is 31.7. The Kier molecular flexibility index (Phi) is 40.4. The minimum Gasteiger partial charge on any atom is -0.390 e. The van der Waals surface area contributed by atoms with Crippen molar-refractivity contribution >= 4 is 71.1 Å². The number of hydrogen-bond donors (Lipinski definition) is 6. The third-order valence-electron chi connectivity index (χ3n) is 27.9. The molecule has 6 N–H and O–H groups in total. The van der Waals surface area contributed by atoms with E-state index in [-0.39, 0.29) is 126 Å². The van der Waals surface area contributed by atoms with E-state index in [1.165, 1.54) is 94.7 Å². The smallest absolute Gasteiger partial charge is 0.351 e. The summed E-state index contributed by atoms with van der Waals surface area (Å²) in [5.74, 6) is -0.434. The molecule has 4 aromatic carbocycles. The van der Waals surface area contributed by atoms with Crippen molar-refractivity contribution < 1.29 is 61.4 Å². The summed E-state index contributed by atoms with van der Waals surface area (Å²) >= 11 is 6.35. The number of hydrogen-bond acceptors (Lipinski definition) is 24. The highest BCUT2D eigenvalue weighted by molar-refractivity contribution is 7.78. The van der Waals surface area contributed by atoms with Crippen LogP contribution in [-0.2, 0) is 73.6 Å². The molecule has 10 fully saturated rings. The molecule has 30 nitrogen and oxygen atoms in total. The molecule has 742 valence electrons. The van der Waals surface area contributed by atoms with Crippen LogP contribution in [0.2, 0.25) is 0 Å². The van der Waals surface area contributed by atoms with Gasteiger partial charge in [0.15, 0.2) is 0 Å². The molecule has 4 saturated carbocycles. The molecule has 6 saturated heterocycles. The first kappa shape index (κ1) is 108. The number of aliphatic hydroxyl groups is 2. The molecule has 135 heavy (non-hydrogen) atoms. The lowest BCUT2D eigenvalue weighted by atomic mass is 9.76. The van der Waals surface area contributed by atoms with Gasteiger partial charge in [0, 0.05) is 67.7 Å². The Morgan fingerprint density at radius 1 is 0.459 bits per heavy atom. The second kappa shape index (κ2) is 50.3. The van der Waals surface area contributed by atoms with Crippen molar-refractivity contribution in [1.82, 2.24) is 52.9 Å². The third-order valence-corrected chi connectivity index (χ3v) is 33.5. The number of ether oxygens (including phenoxy) is 3. The summed E-state index contributed by atoms with van der Waals surface area (Å²) < 4.78 is 62.5. The first-order valence-corrected chi connectivity index (χ1v) is 53.1. The zero-order valence-corrected chi connectivity index (χ0v) is 84.7. The normalized spacial score (nSPS) is 30.3. The van der Waals surface area contributed by atoms with E-state index in [9.17, 15) is 39.0 Å². The lowest BCUT2D eigenvalue weighted by Crippen LogP contribution is -2.49. The number of amides is 3. The fourth-order valence-corrected chi connectivity index (χ4v) is 25.7. The molecule has 3 aromatic heterocycles. The third kappa shape index (κ3) is 25.8. The highest BCUT2D eigenvalue weighted by atomic mass is 35.7. The van der Waals surface area contributed by atoms with E-state index in [4.69, 9.17) is 48.1 Å². The molecule has 17 rings (SSSR count). The quantitative estimate of drug-likeness (QED) is 0.0306. The van der Waals surface area contributed by atoms with Gasteiger partial charge in [0.2, 0.25) is 25.4 Å². The summed E-state index contributed by atoms with van der Waals surface area (Å²) in [6.45, 7) is 26.8. The molecule has 0 spiro atoms. The minimum absolute atomic E-state index is 0. The van der Waals surface area contributed by atoms with Crippen LogP contribution in [0.4, 0.5) is 17.5 Å². The Labute approximate surface area is 807 Å². The Morgan fingerprint density at radius 3 is 1.10 bits per heavy atom. The standard InChI is InChI=1S/2C27H37N4O5P.C14H21N3O4.C13H17ClNOP.C13H19NO.C6H15N.CH4/c2*1-5-20-21(17-24(34-20)31-16-14-23(29-26(31)33)28-25(32)18(2)3)35-37-30(4)22-13-9-10-15-27(22,36-37)19-11-7-6-8-12-19;1-4-10-9(18)7-12(21-10)17-6-5-11(16-14(17)20)15-13(19)8(2)3;1-15-12-9-5-6-10-13(12,16-17(15)14)11-7-3-2-4-8-11;1-14-12-9-5-6-10-13(12,15)11-7-3-2-4-8-11;1-4-7(5-2)6-3;/h2*6-8,11-12,14,16,18,20-22,24H,5,9-10,13,15,17H2,1-4H3,(H,28,29,32,33);5-6,8-10,12,18H,4,7H2,1-3H3,(H,15,16,19,20);2-4,7-8,12H,5-6,9-10H2,1H3;2-4,7-8,12,14-15H,5-6,9-10H2,1H3;4-6H2,1-3H3;1H4/t20-,21?,22-,24-,27-,37+;20-,21?,22-,24-,27-,37-;9?,10-,12-;12-,13-,17?;12-,13-;;/m11111../s1. The molecule has 0 bridgehead atoms. The van der Waals surface area contributed by atoms with Crippen molar-refractivity contribution in [1.29, 1.82) is 0 Å². The molecule has 0 radical (unpaired) electrons. The van der Waals surface area contributed by atoms with Crippen LogP contribution in [-0.4, -0.2) is 184 Å². The van der Waals surface area contributed by atoms with E-state index in [1.807, 2.05) is 56.4 Å².